The first-order valence-electron chi connectivity index (χ1n) is 10.5. The van der Waals surface area contributed by atoms with Crippen molar-refractivity contribution in [2.75, 3.05) is 11.9 Å². The lowest BCUT2D eigenvalue weighted by atomic mass is 9.99. The number of alkyl halides is 3. The van der Waals surface area contributed by atoms with Crippen molar-refractivity contribution in [1.82, 2.24) is 9.78 Å². The lowest BCUT2D eigenvalue weighted by Crippen LogP contribution is -2.21. The molecule has 0 radical (unpaired) electrons. The van der Waals surface area contributed by atoms with E-state index in [-0.39, 0.29) is 6.54 Å². The third-order valence-electron chi connectivity index (χ3n) is 5.62. The maximum absolute atomic E-state index is 13.6. The van der Waals surface area contributed by atoms with Crippen molar-refractivity contribution in [3.05, 3.63) is 90.6 Å². The molecule has 0 bridgehead atoms. The third-order valence-corrected chi connectivity index (χ3v) is 5.62. The van der Waals surface area contributed by atoms with E-state index in [0.29, 0.717) is 22.6 Å². The monoisotopic (exact) mass is 460 g/mol. The van der Waals surface area contributed by atoms with Gasteiger partial charge in [0.2, 0.25) is 5.91 Å². The number of benzene rings is 4. The van der Waals surface area contributed by atoms with Gasteiger partial charge >= 0.3 is 6.18 Å². The van der Waals surface area contributed by atoms with E-state index in [1.165, 1.54) is 4.68 Å². The van der Waals surface area contributed by atoms with Crippen LogP contribution >= 0.6 is 0 Å². The van der Waals surface area contributed by atoms with Crippen LogP contribution in [0.2, 0.25) is 0 Å². The lowest BCUT2D eigenvalue weighted by Gasteiger charge is -2.11. The number of aromatic nitrogens is 2. The van der Waals surface area contributed by atoms with E-state index >= 15 is 0 Å². The second-order valence-corrected chi connectivity index (χ2v) is 7.91. The molecule has 0 atom stereocenters. The number of nitrogens with one attached hydrogen (secondary N) is 1. The van der Waals surface area contributed by atoms with Gasteiger partial charge < -0.3 is 11.1 Å². The van der Waals surface area contributed by atoms with Gasteiger partial charge in [-0.05, 0) is 57.9 Å². The molecule has 0 saturated heterocycles. The number of primary amides is 1. The zero-order chi connectivity index (χ0) is 23.9. The van der Waals surface area contributed by atoms with E-state index < -0.39 is 17.8 Å². The summed E-state index contributed by atoms with van der Waals surface area (Å²) < 4.78 is 41.9. The molecule has 5 rings (SSSR count). The smallest absolute Gasteiger partial charge is 0.376 e. The van der Waals surface area contributed by atoms with Crippen LogP contribution in [0.1, 0.15) is 5.69 Å². The fourth-order valence-electron chi connectivity index (χ4n) is 4.00. The largest absolute Gasteiger partial charge is 0.435 e. The zero-order valence-corrected chi connectivity index (χ0v) is 17.8. The second-order valence-electron chi connectivity index (χ2n) is 7.91. The Labute approximate surface area is 192 Å². The first-order valence-corrected chi connectivity index (χ1v) is 10.5. The van der Waals surface area contributed by atoms with Crippen LogP contribution in [-0.2, 0) is 11.0 Å². The molecule has 0 aliphatic carbocycles. The van der Waals surface area contributed by atoms with Gasteiger partial charge in [0.15, 0.2) is 5.69 Å². The first-order chi connectivity index (χ1) is 16.3. The summed E-state index contributed by atoms with van der Waals surface area (Å²) in [6.45, 7) is -0.0453. The van der Waals surface area contributed by atoms with E-state index in [9.17, 15) is 18.0 Å². The van der Waals surface area contributed by atoms with Crippen LogP contribution in [0.25, 0.3) is 38.5 Å². The topological polar surface area (TPSA) is 72.9 Å². The van der Waals surface area contributed by atoms with Gasteiger partial charge in [0.25, 0.3) is 0 Å². The van der Waals surface area contributed by atoms with Crippen molar-refractivity contribution in [2.45, 2.75) is 6.18 Å². The molecule has 1 heterocycles. The molecule has 4 aromatic carbocycles. The van der Waals surface area contributed by atoms with Crippen molar-refractivity contribution in [3.63, 3.8) is 0 Å². The number of fused-ring (bicyclic) bond motifs is 3. The average molecular weight is 460 g/mol. The molecule has 0 spiro atoms. The summed E-state index contributed by atoms with van der Waals surface area (Å²) >= 11 is 0. The van der Waals surface area contributed by atoms with Crippen LogP contribution in [0.5, 0.6) is 0 Å². The Hall–Kier alpha value is -4.33. The molecule has 170 valence electrons. The molecule has 5 nitrogen and oxygen atoms in total. The van der Waals surface area contributed by atoms with Gasteiger partial charge in [0, 0.05) is 11.3 Å². The number of amides is 1. The number of nitrogens with two attached hydrogens (primary N) is 1. The maximum Gasteiger partial charge on any atom is 0.435 e. The molecular weight excluding hydrogens is 441 g/mol. The number of hydrogen-bond donors (Lipinski definition) is 2. The number of rotatable bonds is 5. The molecule has 1 amide bonds. The number of carbonyl (C=O) groups is 1. The third kappa shape index (κ3) is 4.05. The Morgan fingerprint density at radius 1 is 0.882 bits per heavy atom. The summed E-state index contributed by atoms with van der Waals surface area (Å²) in [5.41, 5.74) is 6.16. The van der Waals surface area contributed by atoms with Crippen molar-refractivity contribution < 1.29 is 18.0 Å². The van der Waals surface area contributed by atoms with Crippen LogP contribution in [0, 0.1) is 0 Å². The van der Waals surface area contributed by atoms with E-state index in [0.717, 1.165) is 27.6 Å². The first kappa shape index (κ1) is 21.5. The molecule has 3 N–H and O–H groups in total. The average Bonchev–Trinajstić information content (AvgIpc) is 3.29. The highest BCUT2D eigenvalue weighted by Gasteiger charge is 2.35. The normalized spacial score (nSPS) is 11.7. The Balaban J connectivity index is 1.61. The highest BCUT2D eigenvalue weighted by atomic mass is 19.4. The molecule has 0 aliphatic rings. The predicted octanol–water partition coefficient (Wildman–Crippen LogP) is 5.76. The van der Waals surface area contributed by atoms with E-state index in [1.54, 1.807) is 24.3 Å². The van der Waals surface area contributed by atoms with Gasteiger partial charge in [-0.2, -0.15) is 18.3 Å². The summed E-state index contributed by atoms with van der Waals surface area (Å²) in [4.78, 5) is 11.0. The maximum atomic E-state index is 13.6. The predicted molar refractivity (Wildman–Crippen MR) is 127 cm³/mol. The molecule has 8 heteroatoms. The van der Waals surface area contributed by atoms with Gasteiger partial charge in [0.05, 0.1) is 17.9 Å². The van der Waals surface area contributed by atoms with Crippen molar-refractivity contribution in [3.8, 4) is 16.9 Å². The Kier molecular flexibility index (Phi) is 5.20. The minimum atomic E-state index is -4.59. The molecule has 5 aromatic rings. The highest BCUT2D eigenvalue weighted by Crippen LogP contribution is 2.35. The van der Waals surface area contributed by atoms with Crippen LogP contribution in [0.3, 0.4) is 0 Å². The van der Waals surface area contributed by atoms with Crippen LogP contribution in [0.4, 0.5) is 18.9 Å². The van der Waals surface area contributed by atoms with Crippen molar-refractivity contribution in [1.29, 1.82) is 0 Å². The van der Waals surface area contributed by atoms with Gasteiger partial charge in [-0.25, -0.2) is 4.68 Å². The SMILES string of the molecule is NC(=O)CNc1ccc(-n2nc(C(F)(F)F)cc2-c2ccc3c(ccc4ccccc43)c2)cc1. The number of hydrogen-bond acceptors (Lipinski definition) is 3. The minimum absolute atomic E-state index is 0.0453. The van der Waals surface area contributed by atoms with Gasteiger partial charge in [-0.1, -0.05) is 48.5 Å². The number of halogens is 3. The Bertz CT molecular complexity index is 1520. The quantitative estimate of drug-likeness (QED) is 0.328. The Morgan fingerprint density at radius 2 is 1.59 bits per heavy atom. The summed E-state index contributed by atoms with van der Waals surface area (Å²) in [5, 5.41) is 10.8. The summed E-state index contributed by atoms with van der Waals surface area (Å²) in [6.07, 6.45) is -4.59. The molecule has 0 saturated carbocycles. The standard InChI is InChI=1S/C26H19F3N4O/c27-26(28,29)24-14-23(33(32-24)20-10-8-19(9-11-20)31-15-25(30)34)18-7-12-22-17(13-18)6-5-16-3-1-2-4-21(16)22/h1-14,31H,15H2,(H2,30,34). The van der Waals surface area contributed by atoms with Crippen molar-refractivity contribution >= 4 is 33.1 Å². The fourth-order valence-corrected chi connectivity index (χ4v) is 4.00. The number of carbonyl (C=O) groups excluding carboxylic acids is 1. The number of nitrogens with zero attached hydrogens (tertiary/aromatic N) is 2. The van der Waals surface area contributed by atoms with Gasteiger partial charge in [-0.3, -0.25) is 4.79 Å². The molecule has 0 fully saturated rings. The van der Waals surface area contributed by atoms with Crippen LogP contribution < -0.4 is 11.1 Å². The van der Waals surface area contributed by atoms with E-state index in [2.05, 4.69) is 10.4 Å². The van der Waals surface area contributed by atoms with E-state index in [4.69, 9.17) is 5.73 Å². The second kappa shape index (κ2) is 8.22. The van der Waals surface area contributed by atoms with Gasteiger partial charge in [-0.15, -0.1) is 0 Å². The minimum Gasteiger partial charge on any atom is -0.376 e. The summed E-state index contributed by atoms with van der Waals surface area (Å²) in [5.74, 6) is -0.516. The molecule has 0 unspecified atom stereocenters. The zero-order valence-electron chi connectivity index (χ0n) is 17.8. The highest BCUT2D eigenvalue weighted by molar-refractivity contribution is 6.08. The van der Waals surface area contributed by atoms with Crippen LogP contribution in [0.15, 0.2) is 84.9 Å². The lowest BCUT2D eigenvalue weighted by molar-refractivity contribution is -0.141. The molecule has 0 aliphatic heterocycles. The number of anilines is 1. The molecule has 1 aromatic heterocycles. The van der Waals surface area contributed by atoms with Crippen molar-refractivity contribution in [2.24, 2.45) is 5.73 Å². The Morgan fingerprint density at radius 3 is 2.32 bits per heavy atom. The summed E-state index contributed by atoms with van der Waals surface area (Å²) in [6, 6.07) is 25.2. The molecular formula is C26H19F3N4O. The van der Waals surface area contributed by atoms with Gasteiger partial charge in [0.1, 0.15) is 0 Å². The fraction of sp³-hybridized carbons (Fsp3) is 0.0769. The summed E-state index contributed by atoms with van der Waals surface area (Å²) in [7, 11) is 0. The van der Waals surface area contributed by atoms with E-state index in [1.807, 2.05) is 54.6 Å². The molecule has 34 heavy (non-hydrogen) atoms. The van der Waals surface area contributed by atoms with Crippen LogP contribution in [-0.4, -0.2) is 22.2 Å².